The maximum atomic E-state index is 4.33. The van der Waals surface area contributed by atoms with E-state index in [-0.39, 0.29) is 0 Å². The highest BCUT2D eigenvalue weighted by Gasteiger charge is 2.22. The smallest absolute Gasteiger partial charge is 0.143 e. The quantitative estimate of drug-likeness (QED) is 0.843. The van der Waals surface area contributed by atoms with Crippen molar-refractivity contribution in [2.75, 3.05) is 5.32 Å². The number of aromatic nitrogens is 2. The number of nitrogens with one attached hydrogen (secondary N) is 1. The van der Waals surface area contributed by atoms with Crippen LogP contribution in [-0.2, 0) is 0 Å². The fourth-order valence-corrected chi connectivity index (χ4v) is 3.14. The second kappa shape index (κ2) is 6.52. The van der Waals surface area contributed by atoms with Gasteiger partial charge in [-0.15, -0.1) is 0 Å². The fraction of sp³-hybridized carbons (Fsp3) is 0.692. The molecule has 2 rings (SSSR count). The van der Waals surface area contributed by atoms with Crippen LogP contribution in [0.5, 0.6) is 0 Å². The summed E-state index contributed by atoms with van der Waals surface area (Å²) in [6.07, 6.45) is 11.6. The molecular formula is C13H20IN3. The second-order valence-electron chi connectivity index (χ2n) is 4.78. The summed E-state index contributed by atoms with van der Waals surface area (Å²) < 4.78 is 1.11. The molecule has 1 saturated carbocycles. The molecule has 1 N–H and O–H groups in total. The number of nitrogens with zero attached hydrogens (tertiary/aromatic N) is 2. The Labute approximate surface area is 117 Å². The maximum Gasteiger partial charge on any atom is 0.143 e. The minimum Gasteiger partial charge on any atom is -0.366 e. The molecule has 0 saturated heterocycles. The lowest BCUT2D eigenvalue weighted by Crippen LogP contribution is -2.30. The summed E-state index contributed by atoms with van der Waals surface area (Å²) in [5, 5.41) is 3.61. The maximum absolute atomic E-state index is 4.33. The van der Waals surface area contributed by atoms with Gasteiger partial charge < -0.3 is 5.32 Å². The molecule has 1 aliphatic carbocycles. The van der Waals surface area contributed by atoms with Crippen molar-refractivity contribution in [1.82, 2.24) is 9.97 Å². The van der Waals surface area contributed by atoms with E-state index in [1.807, 2.05) is 6.20 Å². The van der Waals surface area contributed by atoms with E-state index in [1.54, 1.807) is 6.33 Å². The summed E-state index contributed by atoms with van der Waals surface area (Å²) in [5.74, 6) is 1.82. The summed E-state index contributed by atoms with van der Waals surface area (Å²) in [5.41, 5.74) is 0. The van der Waals surface area contributed by atoms with Crippen LogP contribution in [0.4, 0.5) is 5.82 Å². The van der Waals surface area contributed by atoms with Gasteiger partial charge in [-0.25, -0.2) is 9.97 Å². The monoisotopic (exact) mass is 345 g/mol. The average molecular weight is 345 g/mol. The van der Waals surface area contributed by atoms with Crippen LogP contribution >= 0.6 is 22.6 Å². The normalized spacial score (nSPS) is 18.9. The molecule has 0 aromatic carbocycles. The minimum atomic E-state index is 0.568. The topological polar surface area (TPSA) is 37.8 Å². The van der Waals surface area contributed by atoms with Crippen LogP contribution in [0.2, 0.25) is 0 Å². The molecular weight excluding hydrogens is 325 g/mol. The SMILES string of the molecule is CCC(Nc1ncncc1I)C1CCCCC1. The van der Waals surface area contributed by atoms with Crippen LogP contribution < -0.4 is 5.32 Å². The highest BCUT2D eigenvalue weighted by molar-refractivity contribution is 14.1. The van der Waals surface area contributed by atoms with Crippen molar-refractivity contribution in [1.29, 1.82) is 0 Å². The first-order valence-electron chi connectivity index (χ1n) is 6.53. The Balaban J connectivity index is 2.01. The predicted octanol–water partition coefficient (Wildman–Crippen LogP) is 3.85. The molecule has 1 aromatic heterocycles. The summed E-state index contributed by atoms with van der Waals surface area (Å²) in [7, 11) is 0. The molecule has 4 heteroatoms. The molecule has 1 aromatic rings. The highest BCUT2D eigenvalue weighted by atomic mass is 127. The zero-order valence-electron chi connectivity index (χ0n) is 10.3. The Bertz CT molecular complexity index is 350. The highest BCUT2D eigenvalue weighted by Crippen LogP contribution is 2.29. The zero-order valence-corrected chi connectivity index (χ0v) is 12.5. The van der Waals surface area contributed by atoms with Gasteiger partial charge in [0.15, 0.2) is 0 Å². The first-order chi connectivity index (χ1) is 8.31. The van der Waals surface area contributed by atoms with E-state index in [0.717, 1.165) is 15.3 Å². The Hall–Kier alpha value is -0.390. The molecule has 1 fully saturated rings. The summed E-state index contributed by atoms with van der Waals surface area (Å²) in [6.45, 7) is 2.26. The van der Waals surface area contributed by atoms with E-state index >= 15 is 0 Å². The van der Waals surface area contributed by atoms with Gasteiger partial charge in [0.2, 0.25) is 0 Å². The molecule has 1 aliphatic rings. The van der Waals surface area contributed by atoms with E-state index in [9.17, 15) is 0 Å². The molecule has 1 unspecified atom stereocenters. The molecule has 3 nitrogen and oxygen atoms in total. The van der Waals surface area contributed by atoms with E-state index in [1.165, 1.54) is 38.5 Å². The van der Waals surface area contributed by atoms with Crippen LogP contribution in [0, 0.1) is 9.49 Å². The number of halogens is 1. The number of rotatable bonds is 4. The molecule has 94 valence electrons. The van der Waals surface area contributed by atoms with Crippen LogP contribution in [0.3, 0.4) is 0 Å². The van der Waals surface area contributed by atoms with Crippen molar-refractivity contribution >= 4 is 28.4 Å². The van der Waals surface area contributed by atoms with E-state index in [2.05, 4.69) is 44.8 Å². The fourth-order valence-electron chi connectivity index (χ4n) is 2.68. The molecule has 0 aliphatic heterocycles. The van der Waals surface area contributed by atoms with Crippen molar-refractivity contribution in [3.63, 3.8) is 0 Å². The number of hydrogen-bond donors (Lipinski definition) is 1. The summed E-state index contributed by atoms with van der Waals surface area (Å²) >= 11 is 2.29. The number of hydrogen-bond acceptors (Lipinski definition) is 3. The van der Waals surface area contributed by atoms with Crippen LogP contribution in [0.15, 0.2) is 12.5 Å². The predicted molar refractivity (Wildman–Crippen MR) is 79.0 cm³/mol. The van der Waals surface area contributed by atoms with Crippen molar-refractivity contribution in [3.05, 3.63) is 16.1 Å². The molecule has 1 atom stereocenters. The van der Waals surface area contributed by atoms with Gasteiger partial charge in [0.05, 0.1) is 3.57 Å². The largest absolute Gasteiger partial charge is 0.366 e. The third kappa shape index (κ3) is 3.53. The van der Waals surface area contributed by atoms with Gasteiger partial charge in [0.1, 0.15) is 12.1 Å². The summed E-state index contributed by atoms with van der Waals surface area (Å²) in [6, 6.07) is 0.568. The molecule has 0 amide bonds. The lowest BCUT2D eigenvalue weighted by atomic mass is 9.83. The standard InChI is InChI=1S/C13H20IN3/c1-2-12(10-6-4-3-5-7-10)17-13-11(14)8-15-9-16-13/h8-10,12H,2-7H2,1H3,(H,15,16,17). The van der Waals surface area contributed by atoms with Crippen LogP contribution in [0.1, 0.15) is 45.4 Å². The Morgan fingerprint density at radius 2 is 2.18 bits per heavy atom. The number of anilines is 1. The average Bonchev–Trinajstić information content (AvgIpc) is 2.39. The molecule has 17 heavy (non-hydrogen) atoms. The lowest BCUT2D eigenvalue weighted by molar-refractivity contribution is 0.312. The third-order valence-electron chi connectivity index (χ3n) is 3.65. The van der Waals surface area contributed by atoms with Gasteiger partial charge in [-0.3, -0.25) is 0 Å². The van der Waals surface area contributed by atoms with Gasteiger partial charge in [0.25, 0.3) is 0 Å². The van der Waals surface area contributed by atoms with Gasteiger partial charge >= 0.3 is 0 Å². The van der Waals surface area contributed by atoms with Crippen LogP contribution in [-0.4, -0.2) is 16.0 Å². The molecule has 0 radical (unpaired) electrons. The van der Waals surface area contributed by atoms with Crippen LogP contribution in [0.25, 0.3) is 0 Å². The van der Waals surface area contributed by atoms with E-state index in [0.29, 0.717) is 6.04 Å². The summed E-state index contributed by atoms with van der Waals surface area (Å²) in [4.78, 5) is 8.36. The van der Waals surface area contributed by atoms with Crippen molar-refractivity contribution in [3.8, 4) is 0 Å². The van der Waals surface area contributed by atoms with E-state index in [4.69, 9.17) is 0 Å². The van der Waals surface area contributed by atoms with Gasteiger partial charge in [0, 0.05) is 12.2 Å². The second-order valence-corrected chi connectivity index (χ2v) is 5.94. The van der Waals surface area contributed by atoms with Crippen molar-refractivity contribution in [2.24, 2.45) is 5.92 Å². The van der Waals surface area contributed by atoms with Gasteiger partial charge in [-0.1, -0.05) is 26.2 Å². The Kier molecular flexibility index (Phi) is 5.00. The van der Waals surface area contributed by atoms with Gasteiger partial charge in [-0.2, -0.15) is 0 Å². The lowest BCUT2D eigenvalue weighted by Gasteiger charge is -2.30. The third-order valence-corrected chi connectivity index (χ3v) is 4.44. The Morgan fingerprint density at radius 3 is 2.82 bits per heavy atom. The van der Waals surface area contributed by atoms with Crippen molar-refractivity contribution in [2.45, 2.75) is 51.5 Å². The zero-order chi connectivity index (χ0) is 12.1. The first-order valence-corrected chi connectivity index (χ1v) is 7.61. The molecule has 0 bridgehead atoms. The molecule has 1 heterocycles. The first kappa shape index (κ1) is 13.1. The van der Waals surface area contributed by atoms with Crippen molar-refractivity contribution < 1.29 is 0 Å². The minimum absolute atomic E-state index is 0.568. The Morgan fingerprint density at radius 1 is 1.41 bits per heavy atom. The van der Waals surface area contributed by atoms with E-state index < -0.39 is 0 Å². The molecule has 0 spiro atoms. The van der Waals surface area contributed by atoms with Gasteiger partial charge in [-0.05, 0) is 47.8 Å².